The predicted molar refractivity (Wildman–Crippen MR) is 77.0 cm³/mol. The smallest absolute Gasteiger partial charge is 0.271 e. The zero-order valence-electron chi connectivity index (χ0n) is 11.8. The zero-order chi connectivity index (χ0) is 14.5. The maximum Gasteiger partial charge on any atom is 0.271 e. The van der Waals surface area contributed by atoms with E-state index in [1.807, 2.05) is 18.2 Å². The van der Waals surface area contributed by atoms with Gasteiger partial charge < -0.3 is 5.73 Å². The van der Waals surface area contributed by atoms with Gasteiger partial charge in [-0.3, -0.25) is 9.69 Å². The zero-order valence-corrected chi connectivity index (χ0v) is 11.8. The number of nitrogens with one attached hydrogen (secondary N) is 1. The van der Waals surface area contributed by atoms with E-state index in [2.05, 4.69) is 40.2 Å². The molecule has 0 spiro atoms. The van der Waals surface area contributed by atoms with E-state index < -0.39 is 5.91 Å². The number of rotatable bonds is 6. The fraction of sp³-hybridized carbons (Fsp3) is 0.357. The summed E-state index contributed by atoms with van der Waals surface area (Å²) in [6.07, 6.45) is 0. The summed E-state index contributed by atoms with van der Waals surface area (Å²) in [5.74, 6) is -0.581. The Morgan fingerprint density at radius 3 is 2.70 bits per heavy atom. The minimum Gasteiger partial charge on any atom is -0.364 e. The highest BCUT2D eigenvalue weighted by molar-refractivity contribution is 5.96. The summed E-state index contributed by atoms with van der Waals surface area (Å²) in [6.45, 7) is 7.13. The van der Waals surface area contributed by atoms with Crippen LogP contribution >= 0.6 is 0 Å². The maximum absolute atomic E-state index is 11.3. The van der Waals surface area contributed by atoms with Gasteiger partial charge in [0.05, 0.1) is 0 Å². The van der Waals surface area contributed by atoms with Gasteiger partial charge in [0.25, 0.3) is 5.91 Å². The van der Waals surface area contributed by atoms with Crippen LogP contribution in [0.3, 0.4) is 0 Å². The van der Waals surface area contributed by atoms with Gasteiger partial charge in [0.1, 0.15) is 5.69 Å². The molecule has 2 rings (SSSR count). The lowest BCUT2D eigenvalue weighted by atomic mass is 10.1. The number of nitrogens with two attached hydrogens (primary N) is 1. The molecule has 0 bridgehead atoms. The molecule has 6 nitrogen and oxygen atoms in total. The van der Waals surface area contributed by atoms with E-state index in [-0.39, 0.29) is 5.69 Å². The molecule has 0 saturated carbocycles. The van der Waals surface area contributed by atoms with Crippen LogP contribution < -0.4 is 5.73 Å². The highest BCUT2D eigenvalue weighted by Crippen LogP contribution is 2.21. The van der Waals surface area contributed by atoms with Crippen molar-refractivity contribution in [1.82, 2.24) is 20.3 Å². The minimum atomic E-state index is -0.581. The lowest BCUT2D eigenvalue weighted by molar-refractivity contribution is 0.0996. The molecule has 0 aliphatic carbocycles. The number of hydrogen-bond donors (Lipinski definition) is 2. The van der Waals surface area contributed by atoms with Gasteiger partial charge in [-0.05, 0) is 24.7 Å². The van der Waals surface area contributed by atoms with Crippen molar-refractivity contribution in [1.29, 1.82) is 0 Å². The van der Waals surface area contributed by atoms with Gasteiger partial charge in [0.15, 0.2) is 5.69 Å². The van der Waals surface area contributed by atoms with Crippen LogP contribution in [0.15, 0.2) is 24.3 Å². The third-order valence-corrected chi connectivity index (χ3v) is 3.28. The summed E-state index contributed by atoms with van der Waals surface area (Å²) in [7, 11) is 0. The van der Waals surface area contributed by atoms with Crippen molar-refractivity contribution >= 4 is 5.91 Å². The Balaban J connectivity index is 2.30. The van der Waals surface area contributed by atoms with Gasteiger partial charge >= 0.3 is 0 Å². The molecule has 2 aromatic rings. The molecule has 0 aliphatic heterocycles. The first-order chi connectivity index (χ1) is 9.65. The van der Waals surface area contributed by atoms with Gasteiger partial charge in [-0.15, -0.1) is 0 Å². The summed E-state index contributed by atoms with van der Waals surface area (Å²) in [5, 5.41) is 10.3. The molecule has 0 atom stereocenters. The molecule has 3 N–H and O–H groups in total. The SMILES string of the molecule is CCN(CC)Cc1cccc(-c2n[nH]nc2C(N)=O)c1. The second-order valence-corrected chi connectivity index (χ2v) is 4.55. The molecule has 0 unspecified atom stereocenters. The van der Waals surface area contributed by atoms with Gasteiger partial charge in [-0.1, -0.05) is 32.0 Å². The quantitative estimate of drug-likeness (QED) is 0.833. The number of hydrogen-bond acceptors (Lipinski definition) is 4. The molecule has 1 heterocycles. The number of carbonyl (C=O) groups excluding carboxylic acids is 1. The van der Waals surface area contributed by atoms with Gasteiger partial charge in [0.2, 0.25) is 0 Å². The van der Waals surface area contributed by atoms with Crippen molar-refractivity contribution in [3.8, 4) is 11.3 Å². The number of H-pyrrole nitrogens is 1. The number of nitrogens with zero attached hydrogens (tertiary/aromatic N) is 3. The first-order valence-corrected chi connectivity index (χ1v) is 6.68. The van der Waals surface area contributed by atoms with E-state index in [1.54, 1.807) is 0 Å². The van der Waals surface area contributed by atoms with E-state index in [1.165, 1.54) is 5.56 Å². The average molecular weight is 273 g/mol. The van der Waals surface area contributed by atoms with Crippen molar-refractivity contribution in [3.05, 3.63) is 35.5 Å². The first-order valence-electron chi connectivity index (χ1n) is 6.68. The summed E-state index contributed by atoms with van der Waals surface area (Å²) in [5.41, 5.74) is 7.97. The Bertz CT molecular complexity index is 589. The van der Waals surface area contributed by atoms with E-state index in [4.69, 9.17) is 5.73 Å². The molecule has 0 saturated heterocycles. The molecule has 20 heavy (non-hydrogen) atoms. The molecule has 106 valence electrons. The standard InChI is InChI=1S/C14H19N5O/c1-3-19(4-2)9-10-6-5-7-11(8-10)12-13(14(15)20)17-18-16-12/h5-8H,3-4,9H2,1-2H3,(H2,15,20)(H,16,17,18). The summed E-state index contributed by atoms with van der Waals surface area (Å²) < 4.78 is 0. The molecule has 1 amide bonds. The van der Waals surface area contributed by atoms with Gasteiger partial charge in [-0.2, -0.15) is 15.4 Å². The minimum absolute atomic E-state index is 0.171. The number of aromatic amines is 1. The van der Waals surface area contributed by atoms with E-state index >= 15 is 0 Å². The average Bonchev–Trinajstić information content (AvgIpc) is 2.94. The number of benzene rings is 1. The number of aromatic nitrogens is 3. The largest absolute Gasteiger partial charge is 0.364 e. The highest BCUT2D eigenvalue weighted by atomic mass is 16.1. The first kappa shape index (κ1) is 14.2. The molecule has 0 fully saturated rings. The molecule has 1 aromatic carbocycles. The van der Waals surface area contributed by atoms with Crippen molar-refractivity contribution in [2.75, 3.05) is 13.1 Å². The Hall–Kier alpha value is -2.21. The third kappa shape index (κ3) is 3.03. The Kier molecular flexibility index (Phi) is 4.47. The predicted octanol–water partition coefficient (Wildman–Crippen LogP) is 1.41. The number of carbonyl (C=O) groups is 1. The molecular formula is C14H19N5O. The molecular weight excluding hydrogens is 254 g/mol. The molecule has 0 radical (unpaired) electrons. The maximum atomic E-state index is 11.3. The van der Waals surface area contributed by atoms with E-state index in [0.29, 0.717) is 5.69 Å². The van der Waals surface area contributed by atoms with Gasteiger partial charge in [0, 0.05) is 12.1 Å². The van der Waals surface area contributed by atoms with Gasteiger partial charge in [-0.25, -0.2) is 0 Å². The number of amides is 1. The van der Waals surface area contributed by atoms with E-state index in [0.717, 1.165) is 25.2 Å². The van der Waals surface area contributed by atoms with Crippen LogP contribution in [0.4, 0.5) is 0 Å². The van der Waals surface area contributed by atoms with Crippen molar-refractivity contribution in [2.45, 2.75) is 20.4 Å². The van der Waals surface area contributed by atoms with Crippen LogP contribution in [-0.2, 0) is 6.54 Å². The second-order valence-electron chi connectivity index (χ2n) is 4.55. The summed E-state index contributed by atoms with van der Waals surface area (Å²) >= 11 is 0. The Morgan fingerprint density at radius 2 is 2.05 bits per heavy atom. The fourth-order valence-electron chi connectivity index (χ4n) is 2.13. The summed E-state index contributed by atoms with van der Waals surface area (Å²) in [4.78, 5) is 13.6. The topological polar surface area (TPSA) is 87.9 Å². The van der Waals surface area contributed by atoms with Crippen molar-refractivity contribution < 1.29 is 4.79 Å². The van der Waals surface area contributed by atoms with Crippen LogP contribution in [0.25, 0.3) is 11.3 Å². The van der Waals surface area contributed by atoms with Crippen LogP contribution in [-0.4, -0.2) is 39.3 Å². The Labute approximate surface area is 118 Å². The lowest BCUT2D eigenvalue weighted by Gasteiger charge is -2.18. The monoisotopic (exact) mass is 273 g/mol. The van der Waals surface area contributed by atoms with Crippen LogP contribution in [0.5, 0.6) is 0 Å². The van der Waals surface area contributed by atoms with Crippen LogP contribution in [0.1, 0.15) is 29.9 Å². The molecule has 1 aromatic heterocycles. The fourth-order valence-corrected chi connectivity index (χ4v) is 2.13. The highest BCUT2D eigenvalue weighted by Gasteiger charge is 2.15. The molecule has 6 heteroatoms. The van der Waals surface area contributed by atoms with Crippen molar-refractivity contribution in [2.24, 2.45) is 5.73 Å². The third-order valence-electron chi connectivity index (χ3n) is 3.28. The van der Waals surface area contributed by atoms with Crippen molar-refractivity contribution in [3.63, 3.8) is 0 Å². The normalized spacial score (nSPS) is 10.9. The summed E-state index contributed by atoms with van der Waals surface area (Å²) in [6, 6.07) is 7.93. The van der Waals surface area contributed by atoms with E-state index in [9.17, 15) is 4.79 Å². The van der Waals surface area contributed by atoms with Crippen LogP contribution in [0, 0.1) is 0 Å². The second kappa shape index (κ2) is 6.29. The molecule has 0 aliphatic rings. The number of primary amides is 1. The lowest BCUT2D eigenvalue weighted by Crippen LogP contribution is -2.22. The van der Waals surface area contributed by atoms with Crippen LogP contribution in [0.2, 0.25) is 0 Å². The Morgan fingerprint density at radius 1 is 1.30 bits per heavy atom.